The second-order valence-corrected chi connectivity index (χ2v) is 6.10. The molecule has 0 bridgehead atoms. The number of rotatable bonds is 6. The number of aromatic nitrogens is 1. The van der Waals surface area contributed by atoms with Crippen LogP contribution in [0.4, 0.5) is 0 Å². The van der Waals surface area contributed by atoms with Gasteiger partial charge in [0, 0.05) is 37.6 Å². The van der Waals surface area contributed by atoms with Gasteiger partial charge in [-0.1, -0.05) is 13.8 Å². The number of nitrogens with zero attached hydrogens (tertiary/aromatic N) is 2. The van der Waals surface area contributed by atoms with Gasteiger partial charge in [0.2, 0.25) is 0 Å². The first-order valence-corrected chi connectivity index (χ1v) is 7.54. The molecule has 3 nitrogen and oxygen atoms in total. The highest BCUT2D eigenvalue weighted by Crippen LogP contribution is 2.22. The smallest absolute Gasteiger partial charge is 0.0321 e. The molecular weight excluding hydrogens is 234 g/mol. The van der Waals surface area contributed by atoms with Crippen molar-refractivity contribution in [1.29, 1.82) is 0 Å². The molecule has 106 valence electrons. The monoisotopic (exact) mass is 261 g/mol. The lowest BCUT2D eigenvalue weighted by atomic mass is 10.0. The van der Waals surface area contributed by atoms with Crippen molar-refractivity contribution in [2.45, 2.75) is 45.7 Å². The van der Waals surface area contributed by atoms with E-state index in [0.717, 1.165) is 13.1 Å². The summed E-state index contributed by atoms with van der Waals surface area (Å²) < 4.78 is 0. The van der Waals surface area contributed by atoms with Crippen LogP contribution in [0.15, 0.2) is 24.5 Å². The van der Waals surface area contributed by atoms with Crippen molar-refractivity contribution >= 4 is 0 Å². The van der Waals surface area contributed by atoms with Crippen molar-refractivity contribution in [3.8, 4) is 0 Å². The van der Waals surface area contributed by atoms with Crippen LogP contribution in [0.2, 0.25) is 0 Å². The van der Waals surface area contributed by atoms with E-state index in [2.05, 4.69) is 48.1 Å². The molecule has 0 amide bonds. The number of hydrogen-bond acceptors (Lipinski definition) is 3. The minimum Gasteiger partial charge on any atom is -0.313 e. The molecule has 1 saturated heterocycles. The van der Waals surface area contributed by atoms with E-state index in [-0.39, 0.29) is 0 Å². The van der Waals surface area contributed by atoms with Crippen LogP contribution in [-0.2, 0) is 0 Å². The molecule has 2 rings (SSSR count). The van der Waals surface area contributed by atoms with Crippen LogP contribution >= 0.6 is 0 Å². The van der Waals surface area contributed by atoms with E-state index in [0.29, 0.717) is 18.0 Å². The Balaban J connectivity index is 2.03. The summed E-state index contributed by atoms with van der Waals surface area (Å²) in [5.41, 5.74) is 1.37. The Morgan fingerprint density at radius 2 is 2.05 bits per heavy atom. The van der Waals surface area contributed by atoms with Crippen LogP contribution in [0, 0.1) is 5.92 Å². The lowest BCUT2D eigenvalue weighted by molar-refractivity contribution is 0.171. The number of nitrogens with one attached hydrogen (secondary N) is 1. The molecule has 0 spiro atoms. The first kappa shape index (κ1) is 14.5. The van der Waals surface area contributed by atoms with Crippen molar-refractivity contribution in [2.75, 3.05) is 19.6 Å². The van der Waals surface area contributed by atoms with Crippen molar-refractivity contribution < 1.29 is 0 Å². The molecule has 0 aliphatic carbocycles. The topological polar surface area (TPSA) is 28.2 Å². The lowest BCUT2D eigenvalue weighted by Gasteiger charge is -2.33. The van der Waals surface area contributed by atoms with Gasteiger partial charge in [-0.2, -0.15) is 0 Å². The summed E-state index contributed by atoms with van der Waals surface area (Å²) in [5.74, 6) is 0.700. The Bertz CT molecular complexity index is 358. The van der Waals surface area contributed by atoms with E-state index in [1.807, 2.05) is 12.4 Å². The fraction of sp³-hybridized carbons (Fsp3) is 0.688. The second-order valence-electron chi connectivity index (χ2n) is 6.10. The molecule has 1 aromatic rings. The maximum absolute atomic E-state index is 4.12. The summed E-state index contributed by atoms with van der Waals surface area (Å²) >= 11 is 0. The van der Waals surface area contributed by atoms with Crippen LogP contribution < -0.4 is 5.32 Å². The summed E-state index contributed by atoms with van der Waals surface area (Å²) in [5, 5.41) is 3.61. The molecule has 0 saturated carbocycles. The molecule has 1 aliphatic heterocycles. The van der Waals surface area contributed by atoms with Gasteiger partial charge in [-0.15, -0.1) is 0 Å². The highest BCUT2D eigenvalue weighted by Gasteiger charge is 2.22. The van der Waals surface area contributed by atoms with Crippen molar-refractivity contribution in [3.05, 3.63) is 30.1 Å². The van der Waals surface area contributed by atoms with E-state index in [1.165, 1.54) is 24.9 Å². The highest BCUT2D eigenvalue weighted by molar-refractivity contribution is 5.14. The Kier molecular flexibility index (Phi) is 5.34. The summed E-state index contributed by atoms with van der Waals surface area (Å²) in [6.45, 7) is 10.4. The fourth-order valence-corrected chi connectivity index (χ4v) is 2.91. The zero-order chi connectivity index (χ0) is 13.7. The lowest BCUT2D eigenvalue weighted by Crippen LogP contribution is -2.40. The Morgan fingerprint density at radius 1 is 1.32 bits per heavy atom. The fourth-order valence-electron chi connectivity index (χ4n) is 2.91. The predicted octanol–water partition coefficient (Wildman–Crippen LogP) is 2.85. The van der Waals surface area contributed by atoms with Gasteiger partial charge in [0.15, 0.2) is 0 Å². The molecule has 1 N–H and O–H groups in total. The minimum absolute atomic E-state index is 0.466. The van der Waals surface area contributed by atoms with E-state index in [9.17, 15) is 0 Å². The molecule has 0 aromatic carbocycles. The van der Waals surface area contributed by atoms with Crippen molar-refractivity contribution in [1.82, 2.24) is 15.2 Å². The Hall–Kier alpha value is -0.930. The van der Waals surface area contributed by atoms with Crippen molar-refractivity contribution in [2.24, 2.45) is 5.92 Å². The second kappa shape index (κ2) is 7.01. The van der Waals surface area contributed by atoms with Gasteiger partial charge in [0.05, 0.1) is 0 Å². The predicted molar refractivity (Wildman–Crippen MR) is 80.1 cm³/mol. The van der Waals surface area contributed by atoms with Crippen LogP contribution in [-0.4, -0.2) is 35.6 Å². The first-order chi connectivity index (χ1) is 9.16. The third kappa shape index (κ3) is 4.29. The normalized spacial score (nSPS) is 21.2. The van der Waals surface area contributed by atoms with Gasteiger partial charge in [-0.05, 0) is 49.9 Å². The SMILES string of the molecule is CC(C)CN(CC1CCCN1)C(C)c1ccncc1. The average Bonchev–Trinajstić information content (AvgIpc) is 2.90. The highest BCUT2D eigenvalue weighted by atomic mass is 15.2. The van der Waals surface area contributed by atoms with Gasteiger partial charge in [-0.3, -0.25) is 9.88 Å². The van der Waals surface area contributed by atoms with Gasteiger partial charge in [0.1, 0.15) is 0 Å². The molecule has 1 fully saturated rings. The standard InChI is InChI=1S/C16H27N3/c1-13(2)11-19(12-16-5-4-8-18-16)14(3)15-6-9-17-10-7-15/h6-7,9-10,13-14,16,18H,4-5,8,11-12H2,1-3H3. The maximum Gasteiger partial charge on any atom is 0.0321 e. The van der Waals surface area contributed by atoms with E-state index in [1.54, 1.807) is 0 Å². The van der Waals surface area contributed by atoms with Crippen LogP contribution in [0.5, 0.6) is 0 Å². The van der Waals surface area contributed by atoms with Crippen LogP contribution in [0.3, 0.4) is 0 Å². The zero-order valence-electron chi connectivity index (χ0n) is 12.5. The van der Waals surface area contributed by atoms with Gasteiger partial charge >= 0.3 is 0 Å². The van der Waals surface area contributed by atoms with E-state index >= 15 is 0 Å². The molecule has 3 heteroatoms. The van der Waals surface area contributed by atoms with Gasteiger partial charge in [-0.25, -0.2) is 0 Å². The van der Waals surface area contributed by atoms with Gasteiger partial charge < -0.3 is 5.32 Å². The third-order valence-corrected chi connectivity index (χ3v) is 3.95. The molecule has 2 unspecified atom stereocenters. The van der Waals surface area contributed by atoms with E-state index in [4.69, 9.17) is 0 Å². The van der Waals surface area contributed by atoms with Crippen molar-refractivity contribution in [3.63, 3.8) is 0 Å². The number of hydrogen-bond donors (Lipinski definition) is 1. The summed E-state index contributed by atoms with van der Waals surface area (Å²) in [6, 6.07) is 5.41. The minimum atomic E-state index is 0.466. The van der Waals surface area contributed by atoms with Gasteiger partial charge in [0.25, 0.3) is 0 Å². The first-order valence-electron chi connectivity index (χ1n) is 7.54. The Morgan fingerprint density at radius 3 is 2.63 bits per heavy atom. The largest absolute Gasteiger partial charge is 0.313 e. The zero-order valence-corrected chi connectivity index (χ0v) is 12.5. The molecule has 2 heterocycles. The third-order valence-electron chi connectivity index (χ3n) is 3.95. The molecule has 0 radical (unpaired) electrons. The molecular formula is C16H27N3. The molecule has 2 atom stereocenters. The quantitative estimate of drug-likeness (QED) is 0.853. The summed E-state index contributed by atoms with van der Waals surface area (Å²) in [6.07, 6.45) is 6.43. The molecule has 1 aromatic heterocycles. The molecule has 19 heavy (non-hydrogen) atoms. The maximum atomic E-state index is 4.12. The number of pyridine rings is 1. The van der Waals surface area contributed by atoms with Crippen LogP contribution in [0.25, 0.3) is 0 Å². The van der Waals surface area contributed by atoms with Crippen LogP contribution in [0.1, 0.15) is 45.2 Å². The average molecular weight is 261 g/mol. The molecule has 1 aliphatic rings. The summed E-state index contributed by atoms with van der Waals surface area (Å²) in [4.78, 5) is 6.73. The summed E-state index contributed by atoms with van der Waals surface area (Å²) in [7, 11) is 0. The van der Waals surface area contributed by atoms with E-state index < -0.39 is 0 Å². The Labute approximate surface area is 117 Å².